The van der Waals surface area contributed by atoms with Crippen molar-refractivity contribution in [3.8, 4) is 0 Å². The smallest absolute Gasteiger partial charge is 0.272 e. The van der Waals surface area contributed by atoms with Gasteiger partial charge in [-0.15, -0.1) is 11.3 Å². The maximum Gasteiger partial charge on any atom is 0.272 e. The Morgan fingerprint density at radius 2 is 2.12 bits per heavy atom. The van der Waals surface area contributed by atoms with E-state index in [4.69, 9.17) is 9.84 Å². The zero-order chi connectivity index (χ0) is 21.9. The summed E-state index contributed by atoms with van der Waals surface area (Å²) in [5.74, 6) is -0.229. The van der Waals surface area contributed by atoms with Gasteiger partial charge in [0.15, 0.2) is 5.69 Å². The van der Waals surface area contributed by atoms with Gasteiger partial charge in [0.2, 0.25) is 0 Å². The minimum atomic E-state index is -0.363. The molecule has 2 aromatic heterocycles. The number of amides is 2. The molecule has 0 spiro atoms. The Morgan fingerprint density at radius 3 is 2.88 bits per heavy atom. The van der Waals surface area contributed by atoms with Gasteiger partial charge in [-0.3, -0.25) is 14.3 Å². The standard InChI is InChI=1S/C23H25N5O3S/c29-22(25-13-20-24-9-12-32-20)21-17-15-27(23(30)19-7-4-11-31-19)10-8-18(17)28(26-21)14-16-5-2-1-3-6-16/h1-3,5-6,9,12,19H,4,7-8,10-11,13-15H2,(H,25,29)/t19-/m0/s1. The minimum absolute atomic E-state index is 0.0121. The van der Waals surface area contributed by atoms with Gasteiger partial charge in [0.1, 0.15) is 11.1 Å². The first kappa shape index (κ1) is 20.8. The van der Waals surface area contributed by atoms with E-state index in [2.05, 4.69) is 10.3 Å². The van der Waals surface area contributed by atoms with E-state index in [1.54, 1.807) is 6.20 Å². The van der Waals surface area contributed by atoms with Gasteiger partial charge in [0.25, 0.3) is 11.8 Å². The number of hydrogen-bond donors (Lipinski definition) is 1. The molecule has 1 aromatic carbocycles. The van der Waals surface area contributed by atoms with Crippen molar-refractivity contribution in [2.45, 2.75) is 45.0 Å². The van der Waals surface area contributed by atoms with E-state index in [1.807, 2.05) is 45.3 Å². The van der Waals surface area contributed by atoms with Crippen LogP contribution in [0.3, 0.4) is 0 Å². The van der Waals surface area contributed by atoms with Crippen LogP contribution in [-0.4, -0.2) is 50.7 Å². The SMILES string of the molecule is O=C(NCc1nccs1)c1nn(Cc2ccccc2)c2c1CN(C(=O)[C@@H]1CCCO1)CC2. The quantitative estimate of drug-likeness (QED) is 0.622. The third kappa shape index (κ3) is 4.31. The number of hydrogen-bond acceptors (Lipinski definition) is 6. The first-order valence-corrected chi connectivity index (χ1v) is 11.8. The maximum atomic E-state index is 13.1. The molecule has 2 aliphatic rings. The normalized spacial score (nSPS) is 17.9. The van der Waals surface area contributed by atoms with Crippen molar-refractivity contribution >= 4 is 23.2 Å². The highest BCUT2D eigenvalue weighted by Gasteiger charge is 2.34. The van der Waals surface area contributed by atoms with Crippen LogP contribution in [0.15, 0.2) is 41.9 Å². The summed E-state index contributed by atoms with van der Waals surface area (Å²) in [5.41, 5.74) is 3.35. The van der Waals surface area contributed by atoms with Crippen molar-refractivity contribution in [3.63, 3.8) is 0 Å². The van der Waals surface area contributed by atoms with E-state index in [0.29, 0.717) is 44.9 Å². The second kappa shape index (κ2) is 9.22. The molecule has 3 aromatic rings. The zero-order valence-electron chi connectivity index (χ0n) is 17.7. The molecule has 0 saturated carbocycles. The summed E-state index contributed by atoms with van der Waals surface area (Å²) in [6, 6.07) is 10.1. The van der Waals surface area contributed by atoms with Gasteiger partial charge in [0, 0.05) is 49.0 Å². The monoisotopic (exact) mass is 451 g/mol. The fourth-order valence-electron chi connectivity index (χ4n) is 4.30. The van der Waals surface area contributed by atoms with E-state index in [0.717, 1.165) is 34.7 Å². The van der Waals surface area contributed by atoms with Gasteiger partial charge in [-0.05, 0) is 18.4 Å². The molecule has 0 bridgehead atoms. The van der Waals surface area contributed by atoms with Gasteiger partial charge < -0.3 is 15.0 Å². The van der Waals surface area contributed by atoms with Gasteiger partial charge in [0.05, 0.1) is 13.1 Å². The van der Waals surface area contributed by atoms with Gasteiger partial charge >= 0.3 is 0 Å². The van der Waals surface area contributed by atoms with E-state index in [-0.39, 0.29) is 17.9 Å². The Kier molecular flexibility index (Phi) is 6.00. The summed E-state index contributed by atoms with van der Waals surface area (Å²) in [4.78, 5) is 32.0. The summed E-state index contributed by atoms with van der Waals surface area (Å²) in [6.07, 6.45) is 3.69. The van der Waals surface area contributed by atoms with Crippen LogP contribution in [0.2, 0.25) is 0 Å². The number of fused-ring (bicyclic) bond motifs is 1. The molecular formula is C23H25N5O3S. The number of aromatic nitrogens is 3. The molecule has 9 heteroatoms. The zero-order valence-corrected chi connectivity index (χ0v) is 18.5. The van der Waals surface area contributed by atoms with E-state index in [9.17, 15) is 9.59 Å². The number of nitrogens with one attached hydrogen (secondary N) is 1. The summed E-state index contributed by atoms with van der Waals surface area (Å²) in [5, 5.41) is 10.3. The molecule has 1 saturated heterocycles. The molecule has 1 fully saturated rings. The third-order valence-electron chi connectivity index (χ3n) is 5.92. The van der Waals surface area contributed by atoms with Gasteiger partial charge in [-0.25, -0.2) is 4.98 Å². The van der Waals surface area contributed by atoms with Crippen LogP contribution < -0.4 is 5.32 Å². The highest BCUT2D eigenvalue weighted by molar-refractivity contribution is 7.09. The molecule has 2 aliphatic heterocycles. The Bertz CT molecular complexity index is 1090. The van der Waals surface area contributed by atoms with Crippen molar-refractivity contribution in [2.75, 3.05) is 13.2 Å². The van der Waals surface area contributed by atoms with Crippen LogP contribution >= 0.6 is 11.3 Å². The fraction of sp³-hybridized carbons (Fsp3) is 0.391. The molecule has 8 nitrogen and oxygen atoms in total. The van der Waals surface area contributed by atoms with E-state index >= 15 is 0 Å². The average Bonchev–Trinajstić information content (AvgIpc) is 3.59. The Balaban J connectivity index is 1.41. The molecule has 1 N–H and O–H groups in total. The largest absolute Gasteiger partial charge is 0.368 e. The lowest BCUT2D eigenvalue weighted by Gasteiger charge is -2.29. The van der Waals surface area contributed by atoms with Crippen molar-refractivity contribution in [2.24, 2.45) is 0 Å². The molecule has 4 heterocycles. The number of thiazole rings is 1. The highest BCUT2D eigenvalue weighted by atomic mass is 32.1. The van der Waals surface area contributed by atoms with Crippen molar-refractivity contribution in [1.29, 1.82) is 0 Å². The Hall–Kier alpha value is -3.04. The van der Waals surface area contributed by atoms with Crippen molar-refractivity contribution in [1.82, 2.24) is 25.0 Å². The molecule has 166 valence electrons. The third-order valence-corrected chi connectivity index (χ3v) is 6.70. The molecular weight excluding hydrogens is 426 g/mol. The van der Waals surface area contributed by atoms with Gasteiger partial charge in [-0.2, -0.15) is 5.10 Å². The van der Waals surface area contributed by atoms with Crippen LogP contribution in [-0.2, 0) is 35.6 Å². The van der Waals surface area contributed by atoms with Crippen molar-refractivity contribution < 1.29 is 14.3 Å². The van der Waals surface area contributed by atoms with Crippen LogP contribution in [0.25, 0.3) is 0 Å². The number of ether oxygens (including phenoxy) is 1. The number of benzene rings is 1. The molecule has 5 rings (SSSR count). The predicted molar refractivity (Wildman–Crippen MR) is 119 cm³/mol. The first-order valence-electron chi connectivity index (χ1n) is 10.9. The number of carbonyl (C=O) groups is 2. The lowest BCUT2D eigenvalue weighted by atomic mass is 10.0. The highest BCUT2D eigenvalue weighted by Crippen LogP contribution is 2.26. The van der Waals surface area contributed by atoms with E-state index in [1.165, 1.54) is 11.3 Å². The van der Waals surface area contributed by atoms with Gasteiger partial charge in [-0.1, -0.05) is 30.3 Å². The average molecular weight is 452 g/mol. The van der Waals surface area contributed by atoms with Crippen LogP contribution in [0.5, 0.6) is 0 Å². The molecule has 0 aliphatic carbocycles. The second-order valence-electron chi connectivity index (χ2n) is 8.04. The topological polar surface area (TPSA) is 89.4 Å². The lowest BCUT2D eigenvalue weighted by molar-refractivity contribution is -0.141. The maximum absolute atomic E-state index is 13.1. The van der Waals surface area contributed by atoms with Crippen LogP contribution in [0.4, 0.5) is 0 Å². The molecule has 1 atom stereocenters. The number of nitrogens with zero attached hydrogens (tertiary/aromatic N) is 4. The summed E-state index contributed by atoms with van der Waals surface area (Å²) >= 11 is 1.50. The molecule has 2 amide bonds. The summed E-state index contributed by atoms with van der Waals surface area (Å²) in [7, 11) is 0. The number of rotatable bonds is 6. The molecule has 0 radical (unpaired) electrons. The Labute approximate surface area is 190 Å². The molecule has 32 heavy (non-hydrogen) atoms. The Morgan fingerprint density at radius 1 is 1.25 bits per heavy atom. The van der Waals surface area contributed by atoms with Crippen LogP contribution in [0, 0.1) is 0 Å². The fourth-order valence-corrected chi connectivity index (χ4v) is 4.86. The van der Waals surface area contributed by atoms with E-state index < -0.39 is 0 Å². The summed E-state index contributed by atoms with van der Waals surface area (Å²) < 4.78 is 7.51. The minimum Gasteiger partial charge on any atom is -0.368 e. The van der Waals surface area contributed by atoms with Crippen LogP contribution in [0.1, 0.15) is 45.2 Å². The van der Waals surface area contributed by atoms with Crippen molar-refractivity contribution in [3.05, 3.63) is 69.4 Å². The first-order chi connectivity index (χ1) is 15.7. The second-order valence-corrected chi connectivity index (χ2v) is 9.02. The predicted octanol–water partition coefficient (Wildman–Crippen LogP) is 2.38. The lowest BCUT2D eigenvalue weighted by Crippen LogP contribution is -2.42. The molecule has 0 unspecified atom stereocenters. The summed E-state index contributed by atoms with van der Waals surface area (Å²) in [6.45, 7) is 2.56. The number of carbonyl (C=O) groups excluding carboxylic acids is 2.